The van der Waals surface area contributed by atoms with E-state index in [0.29, 0.717) is 34.6 Å². The fourth-order valence-electron chi connectivity index (χ4n) is 2.51. The number of carbonyl (C=O) groups excluding carboxylic acids is 2. The van der Waals surface area contributed by atoms with Gasteiger partial charge in [-0.25, -0.2) is 0 Å². The van der Waals surface area contributed by atoms with Crippen LogP contribution in [0.5, 0.6) is 11.5 Å². The number of imide groups is 1. The Labute approximate surface area is 186 Å². The standard InChI is InChI=1S/C20H17ClINO4S/c1-3-26-16-9-13(10-17-19(24)23(2)20(25)28-17)8-15(22)18(16)27-11-12-4-6-14(21)7-5-12/h4-10H,3,11H2,1-2H3/b17-10-. The first-order chi connectivity index (χ1) is 13.4. The number of halogens is 2. The second kappa shape index (κ2) is 9.19. The molecule has 0 saturated carbocycles. The van der Waals surface area contributed by atoms with E-state index >= 15 is 0 Å². The molecule has 5 nitrogen and oxygen atoms in total. The van der Waals surface area contributed by atoms with Crippen molar-refractivity contribution < 1.29 is 19.1 Å². The van der Waals surface area contributed by atoms with E-state index in [1.807, 2.05) is 43.3 Å². The Bertz CT molecular complexity index is 946. The maximum Gasteiger partial charge on any atom is 0.293 e. The number of amides is 2. The van der Waals surface area contributed by atoms with Crippen molar-refractivity contribution in [3.63, 3.8) is 0 Å². The largest absolute Gasteiger partial charge is 0.490 e. The lowest BCUT2D eigenvalue weighted by Crippen LogP contribution is -2.22. The number of nitrogens with zero attached hydrogens (tertiary/aromatic N) is 1. The van der Waals surface area contributed by atoms with Gasteiger partial charge in [0.1, 0.15) is 6.61 Å². The quantitative estimate of drug-likeness (QED) is 0.361. The Balaban J connectivity index is 1.86. The highest BCUT2D eigenvalue weighted by atomic mass is 127. The molecule has 3 rings (SSSR count). The molecule has 28 heavy (non-hydrogen) atoms. The molecule has 0 N–H and O–H groups in total. The van der Waals surface area contributed by atoms with Crippen molar-refractivity contribution in [1.29, 1.82) is 0 Å². The zero-order valence-corrected chi connectivity index (χ0v) is 18.9. The van der Waals surface area contributed by atoms with Gasteiger partial charge in [-0.2, -0.15) is 0 Å². The maximum atomic E-state index is 12.1. The van der Waals surface area contributed by atoms with E-state index in [1.54, 1.807) is 6.08 Å². The molecule has 0 radical (unpaired) electrons. The lowest BCUT2D eigenvalue weighted by Gasteiger charge is -2.15. The molecule has 0 unspecified atom stereocenters. The SMILES string of the molecule is CCOc1cc(/C=C2\SC(=O)N(C)C2=O)cc(I)c1OCc1ccc(Cl)cc1. The van der Waals surface area contributed by atoms with Crippen LogP contribution in [0.1, 0.15) is 18.1 Å². The Kier molecular flexibility index (Phi) is 6.90. The second-order valence-corrected chi connectivity index (χ2v) is 8.51. The molecule has 0 bridgehead atoms. The summed E-state index contributed by atoms with van der Waals surface area (Å²) in [5, 5.41) is 0.396. The van der Waals surface area contributed by atoms with E-state index in [1.165, 1.54) is 7.05 Å². The van der Waals surface area contributed by atoms with Crippen LogP contribution in [0.25, 0.3) is 6.08 Å². The van der Waals surface area contributed by atoms with Gasteiger partial charge in [-0.1, -0.05) is 23.7 Å². The van der Waals surface area contributed by atoms with Gasteiger partial charge in [0.05, 0.1) is 15.1 Å². The van der Waals surface area contributed by atoms with Crippen molar-refractivity contribution in [2.45, 2.75) is 13.5 Å². The maximum absolute atomic E-state index is 12.1. The van der Waals surface area contributed by atoms with E-state index in [0.717, 1.165) is 31.4 Å². The number of rotatable bonds is 6. The molecule has 8 heteroatoms. The first-order valence-electron chi connectivity index (χ1n) is 8.44. The monoisotopic (exact) mass is 529 g/mol. The van der Waals surface area contributed by atoms with E-state index < -0.39 is 0 Å². The molecular weight excluding hydrogens is 513 g/mol. The van der Waals surface area contributed by atoms with Crippen molar-refractivity contribution in [3.8, 4) is 11.5 Å². The van der Waals surface area contributed by atoms with Crippen LogP contribution in [0, 0.1) is 3.57 Å². The summed E-state index contributed by atoms with van der Waals surface area (Å²) in [5.74, 6) is 0.925. The molecular formula is C20H17ClINO4S. The van der Waals surface area contributed by atoms with Gasteiger partial charge >= 0.3 is 0 Å². The zero-order valence-electron chi connectivity index (χ0n) is 15.2. The molecule has 0 aromatic heterocycles. The second-order valence-electron chi connectivity index (χ2n) is 5.92. The number of ether oxygens (including phenoxy) is 2. The topological polar surface area (TPSA) is 55.8 Å². The smallest absolute Gasteiger partial charge is 0.293 e. The van der Waals surface area contributed by atoms with Crippen molar-refractivity contribution in [3.05, 3.63) is 61.0 Å². The summed E-state index contributed by atoms with van der Waals surface area (Å²) in [6, 6.07) is 11.2. The lowest BCUT2D eigenvalue weighted by molar-refractivity contribution is -0.121. The fraction of sp³-hybridized carbons (Fsp3) is 0.200. The molecule has 0 spiro atoms. The minimum Gasteiger partial charge on any atom is -0.490 e. The highest BCUT2D eigenvalue weighted by molar-refractivity contribution is 14.1. The summed E-state index contributed by atoms with van der Waals surface area (Å²) in [4.78, 5) is 25.3. The van der Waals surface area contributed by atoms with Gasteiger partial charge in [-0.05, 0) is 82.7 Å². The van der Waals surface area contributed by atoms with Crippen molar-refractivity contribution >= 4 is 63.2 Å². The first-order valence-corrected chi connectivity index (χ1v) is 10.7. The van der Waals surface area contributed by atoms with Crippen LogP contribution in [0.4, 0.5) is 4.79 Å². The number of hydrogen-bond acceptors (Lipinski definition) is 5. The average Bonchev–Trinajstić information content (AvgIpc) is 2.89. The number of benzene rings is 2. The van der Waals surface area contributed by atoms with Crippen LogP contribution in [-0.4, -0.2) is 29.7 Å². The number of thioether (sulfide) groups is 1. The first kappa shape index (κ1) is 21.0. The number of likely N-dealkylation sites (N-methyl/N-ethyl adjacent to an activating group) is 1. The molecule has 1 aliphatic heterocycles. The van der Waals surface area contributed by atoms with E-state index in [4.69, 9.17) is 21.1 Å². The molecule has 1 saturated heterocycles. The van der Waals surface area contributed by atoms with Gasteiger partial charge in [0.2, 0.25) is 0 Å². The minimum absolute atomic E-state index is 0.279. The van der Waals surface area contributed by atoms with Gasteiger partial charge in [0.25, 0.3) is 11.1 Å². The summed E-state index contributed by atoms with van der Waals surface area (Å²) in [6.45, 7) is 2.74. The molecule has 2 amide bonds. The van der Waals surface area contributed by atoms with E-state index in [-0.39, 0.29) is 11.1 Å². The van der Waals surface area contributed by atoms with Crippen LogP contribution in [0.15, 0.2) is 41.3 Å². The van der Waals surface area contributed by atoms with Crippen LogP contribution in [0.3, 0.4) is 0 Å². The van der Waals surface area contributed by atoms with Crippen LogP contribution >= 0.6 is 46.0 Å². The molecule has 0 atom stereocenters. The fourth-order valence-corrected chi connectivity index (χ4v) is 4.24. The van der Waals surface area contributed by atoms with Gasteiger partial charge in [-0.15, -0.1) is 0 Å². The predicted molar refractivity (Wildman–Crippen MR) is 120 cm³/mol. The zero-order chi connectivity index (χ0) is 20.3. The van der Waals surface area contributed by atoms with Crippen molar-refractivity contribution in [2.24, 2.45) is 0 Å². The van der Waals surface area contributed by atoms with Gasteiger partial charge in [0.15, 0.2) is 11.5 Å². The molecule has 1 fully saturated rings. The molecule has 1 heterocycles. The summed E-state index contributed by atoms with van der Waals surface area (Å²) in [7, 11) is 1.47. The molecule has 2 aromatic rings. The normalized spacial score (nSPS) is 15.4. The summed E-state index contributed by atoms with van der Waals surface area (Å²) in [6.07, 6.45) is 1.70. The van der Waals surface area contributed by atoms with Gasteiger partial charge in [-0.3, -0.25) is 14.5 Å². The lowest BCUT2D eigenvalue weighted by atomic mass is 10.1. The predicted octanol–water partition coefficient (Wildman–Crippen LogP) is 5.59. The Morgan fingerprint density at radius 2 is 1.89 bits per heavy atom. The van der Waals surface area contributed by atoms with Gasteiger partial charge < -0.3 is 9.47 Å². The highest BCUT2D eigenvalue weighted by Gasteiger charge is 2.31. The van der Waals surface area contributed by atoms with Crippen molar-refractivity contribution in [1.82, 2.24) is 4.90 Å². The summed E-state index contributed by atoms with van der Waals surface area (Å²) < 4.78 is 12.6. The number of hydrogen-bond donors (Lipinski definition) is 0. The van der Waals surface area contributed by atoms with Gasteiger partial charge in [0, 0.05) is 12.1 Å². The highest BCUT2D eigenvalue weighted by Crippen LogP contribution is 2.37. The Morgan fingerprint density at radius 1 is 1.18 bits per heavy atom. The Morgan fingerprint density at radius 3 is 2.50 bits per heavy atom. The molecule has 0 aliphatic carbocycles. The minimum atomic E-state index is -0.300. The summed E-state index contributed by atoms with van der Waals surface area (Å²) in [5.41, 5.74) is 1.76. The van der Waals surface area contributed by atoms with Crippen LogP contribution in [-0.2, 0) is 11.4 Å². The number of carbonyl (C=O) groups is 2. The van der Waals surface area contributed by atoms with Crippen LogP contribution < -0.4 is 9.47 Å². The average molecular weight is 530 g/mol. The van der Waals surface area contributed by atoms with Crippen LogP contribution in [0.2, 0.25) is 5.02 Å². The molecule has 2 aromatic carbocycles. The van der Waals surface area contributed by atoms with Crippen molar-refractivity contribution in [2.75, 3.05) is 13.7 Å². The van der Waals surface area contributed by atoms with E-state index in [2.05, 4.69) is 22.6 Å². The Hall–Kier alpha value is -1.71. The van der Waals surface area contributed by atoms with E-state index in [9.17, 15) is 9.59 Å². The molecule has 1 aliphatic rings. The third-order valence-corrected chi connectivity index (χ3v) is 5.93. The molecule has 146 valence electrons. The third kappa shape index (κ3) is 4.82. The summed E-state index contributed by atoms with van der Waals surface area (Å²) >= 11 is 9.02. The third-order valence-electron chi connectivity index (χ3n) is 3.91.